The van der Waals surface area contributed by atoms with E-state index in [-0.39, 0.29) is 18.1 Å². The number of hydrogen-bond acceptors (Lipinski definition) is 15. The van der Waals surface area contributed by atoms with Gasteiger partial charge in [0.15, 0.2) is 5.12 Å². The van der Waals surface area contributed by atoms with E-state index in [0.29, 0.717) is 19.3 Å². The molecule has 0 aromatic heterocycles. The summed E-state index contributed by atoms with van der Waals surface area (Å²) < 4.78 is 49.3. The first-order valence-corrected chi connectivity index (χ1v) is 27.6. The molecule has 1 rings (SSSR count). The molecule has 0 heterocycles. The van der Waals surface area contributed by atoms with Gasteiger partial charge in [-0.3, -0.25) is 28.0 Å². The number of carbonyl (C=O) groups excluding carboxylic acids is 3. The Bertz CT molecular complexity index is 1310. The molecule has 1 aliphatic carbocycles. The van der Waals surface area contributed by atoms with Crippen molar-refractivity contribution in [2.24, 2.45) is 0 Å². The van der Waals surface area contributed by atoms with Crippen molar-refractivity contribution in [3.05, 3.63) is 0 Å². The number of hydrogen-bond donors (Lipinski definition) is 7. The van der Waals surface area contributed by atoms with Gasteiger partial charge in [-0.15, -0.1) is 0 Å². The van der Waals surface area contributed by atoms with E-state index in [1.54, 1.807) is 0 Å². The highest BCUT2D eigenvalue weighted by molar-refractivity contribution is 8.13. The number of unbranched alkanes of at least 4 members (excludes halogenated alkanes) is 22. The molecule has 0 spiro atoms. The minimum Gasteiger partial charge on any atom is -0.466 e. The van der Waals surface area contributed by atoms with Gasteiger partial charge < -0.3 is 44.6 Å². The highest BCUT2D eigenvalue weighted by atomic mass is 32.2. The molecule has 0 aromatic rings. The van der Waals surface area contributed by atoms with Gasteiger partial charge in [0.2, 0.25) is 0 Å². The van der Waals surface area contributed by atoms with E-state index >= 15 is 0 Å². The first-order chi connectivity index (χ1) is 30.0. The lowest BCUT2D eigenvalue weighted by atomic mass is 9.85. The summed E-state index contributed by atoms with van der Waals surface area (Å²) in [5.41, 5.74) is 0. The molecule has 1 saturated carbocycles. The number of carbonyl (C=O) groups is 3. The maximum atomic E-state index is 13.0. The normalized spacial score (nSPS) is 21.8. The van der Waals surface area contributed by atoms with E-state index in [1.165, 1.54) is 82.4 Å². The molecule has 1 fully saturated rings. The molecule has 4 unspecified atom stereocenters. The van der Waals surface area contributed by atoms with Gasteiger partial charge in [-0.1, -0.05) is 160 Å². The van der Waals surface area contributed by atoms with E-state index in [0.717, 1.165) is 82.8 Å². The number of phosphoric ester groups is 2. The quantitative estimate of drug-likeness (QED) is 0.0174. The van der Waals surface area contributed by atoms with Crippen molar-refractivity contribution >= 4 is 44.5 Å². The van der Waals surface area contributed by atoms with Crippen molar-refractivity contribution in [3.8, 4) is 0 Å². The third kappa shape index (κ3) is 30.8. The Labute approximate surface area is 380 Å². The molecule has 372 valence electrons. The summed E-state index contributed by atoms with van der Waals surface area (Å²) in [5, 5.41) is 41.5. The molecule has 7 N–H and O–H groups in total. The van der Waals surface area contributed by atoms with Gasteiger partial charge in [-0.2, -0.15) is 0 Å². The number of aliphatic hydroxyl groups is 4. The largest absolute Gasteiger partial charge is 0.472 e. The van der Waals surface area contributed by atoms with Crippen LogP contribution in [-0.4, -0.2) is 114 Å². The van der Waals surface area contributed by atoms with E-state index in [1.807, 2.05) is 6.92 Å². The summed E-state index contributed by atoms with van der Waals surface area (Å²) in [6.45, 7) is 3.48. The van der Waals surface area contributed by atoms with Crippen molar-refractivity contribution < 1.29 is 81.7 Å². The minimum atomic E-state index is -5.37. The zero-order chi connectivity index (χ0) is 46.9. The summed E-state index contributed by atoms with van der Waals surface area (Å²) in [7, 11) is -10.7. The van der Waals surface area contributed by atoms with Crippen LogP contribution in [-0.2, 0) is 46.6 Å². The number of rotatable bonds is 40. The Balaban J connectivity index is 2.56. The van der Waals surface area contributed by atoms with E-state index < -0.39 is 83.3 Å². The summed E-state index contributed by atoms with van der Waals surface area (Å²) in [5.74, 6) is -0.509. The second kappa shape index (κ2) is 36.1. The van der Waals surface area contributed by atoms with Crippen molar-refractivity contribution in [3.63, 3.8) is 0 Å². The van der Waals surface area contributed by atoms with Crippen molar-refractivity contribution in [1.29, 1.82) is 0 Å². The highest BCUT2D eigenvalue weighted by Gasteiger charge is 2.54. The Morgan fingerprint density at radius 3 is 1.49 bits per heavy atom. The first kappa shape index (κ1) is 60.0. The van der Waals surface area contributed by atoms with Crippen LogP contribution >= 0.6 is 27.4 Å². The Morgan fingerprint density at radius 1 is 0.540 bits per heavy atom. The van der Waals surface area contributed by atoms with Gasteiger partial charge >= 0.3 is 27.6 Å². The number of ether oxygens (including phenoxy) is 2. The Hall–Kier alpha value is -0.980. The number of thioether (sulfide) groups is 1. The average Bonchev–Trinajstić information content (AvgIpc) is 3.22. The fourth-order valence-electron chi connectivity index (χ4n) is 7.31. The fraction of sp³-hybridized carbons (Fsp3) is 0.930. The molecule has 0 saturated heterocycles. The molecular weight excluding hydrogens is 882 g/mol. The number of esters is 2. The second-order valence-corrected chi connectivity index (χ2v) is 20.5. The van der Waals surface area contributed by atoms with E-state index in [2.05, 4.69) is 11.4 Å². The second-order valence-electron chi connectivity index (χ2n) is 16.7. The van der Waals surface area contributed by atoms with Gasteiger partial charge in [0.1, 0.15) is 42.7 Å². The van der Waals surface area contributed by atoms with Crippen molar-refractivity contribution in [1.82, 2.24) is 0 Å². The summed E-state index contributed by atoms with van der Waals surface area (Å²) in [6, 6.07) is 0. The predicted octanol–water partition coefficient (Wildman–Crippen LogP) is 8.10. The maximum absolute atomic E-state index is 13.0. The van der Waals surface area contributed by atoms with Crippen LogP contribution in [0.3, 0.4) is 0 Å². The maximum Gasteiger partial charge on any atom is 0.472 e. The van der Waals surface area contributed by atoms with Crippen LogP contribution in [0.25, 0.3) is 0 Å². The van der Waals surface area contributed by atoms with Crippen LogP contribution in [0.4, 0.5) is 0 Å². The standard InChI is InChI=1S/C43H82O17P2S/c1-3-5-6-7-8-9-10-11-13-16-19-22-25-29-35(44)58-34(33-57-62(54,55)60-43-40(49)38(47)39(48)42(41(43)50)59-61(51,52)53)32-36(45)56-30-26-23-20-17-14-12-15-18-21-24-27-31-63-37(46)28-4-2/h34,38-43,47-50H,3-33H2,1-2H3,(H,54,55)(H2,51,52,53)/t34-,38+,39?,40+,41?,42-,43?/m1/s1. The molecule has 1 aliphatic rings. The molecule has 20 heteroatoms. The molecule has 0 bridgehead atoms. The van der Waals surface area contributed by atoms with Crippen molar-refractivity contribution in [2.75, 3.05) is 19.0 Å². The fourth-order valence-corrected chi connectivity index (χ4v) is 9.77. The molecule has 0 radical (unpaired) electrons. The summed E-state index contributed by atoms with van der Waals surface area (Å²) in [6.07, 6.45) is 12.2. The highest BCUT2D eigenvalue weighted by Crippen LogP contribution is 2.49. The monoisotopic (exact) mass is 964 g/mol. The van der Waals surface area contributed by atoms with Crippen LogP contribution in [0, 0.1) is 0 Å². The van der Waals surface area contributed by atoms with Gasteiger partial charge in [0.25, 0.3) is 0 Å². The first-order valence-electron chi connectivity index (χ1n) is 23.6. The lowest BCUT2D eigenvalue weighted by Gasteiger charge is -2.43. The molecule has 8 atom stereocenters. The molecule has 63 heavy (non-hydrogen) atoms. The van der Waals surface area contributed by atoms with E-state index in [4.69, 9.17) is 28.3 Å². The van der Waals surface area contributed by atoms with Gasteiger partial charge in [-0.25, -0.2) is 9.13 Å². The average molecular weight is 965 g/mol. The van der Waals surface area contributed by atoms with Crippen LogP contribution < -0.4 is 0 Å². The lowest BCUT2D eigenvalue weighted by Crippen LogP contribution is -2.64. The minimum absolute atomic E-state index is 0.0276. The van der Waals surface area contributed by atoms with Crippen LogP contribution in [0.5, 0.6) is 0 Å². The third-order valence-electron chi connectivity index (χ3n) is 10.9. The van der Waals surface area contributed by atoms with Crippen LogP contribution in [0.1, 0.15) is 194 Å². The summed E-state index contributed by atoms with van der Waals surface area (Å²) in [4.78, 5) is 66.0. The van der Waals surface area contributed by atoms with Crippen molar-refractivity contribution in [2.45, 2.75) is 236 Å². The van der Waals surface area contributed by atoms with E-state index in [9.17, 15) is 48.8 Å². The lowest BCUT2D eigenvalue weighted by molar-refractivity contribution is -0.216. The molecule has 17 nitrogen and oxygen atoms in total. The Morgan fingerprint density at radius 2 is 1.00 bits per heavy atom. The van der Waals surface area contributed by atoms with Crippen LogP contribution in [0.15, 0.2) is 0 Å². The molecule has 0 aromatic carbocycles. The van der Waals surface area contributed by atoms with Gasteiger partial charge in [-0.05, 0) is 25.7 Å². The topological polar surface area (TPSA) is 273 Å². The zero-order valence-electron chi connectivity index (χ0n) is 38.0. The van der Waals surface area contributed by atoms with Gasteiger partial charge in [0, 0.05) is 18.6 Å². The van der Waals surface area contributed by atoms with Crippen LogP contribution in [0.2, 0.25) is 0 Å². The SMILES string of the molecule is CCCCCCCCCCCCCCCC(=O)O[C@@H](COP(=O)(O)OC1C(O)[C@H](OP(=O)(O)O)C(O)[C@H](O)[C@@H]1O)CC(=O)OCCCCCCCCCCCCCSC(=O)CCC. The third-order valence-corrected chi connectivity index (χ3v) is 13.5. The smallest absolute Gasteiger partial charge is 0.466 e. The summed E-state index contributed by atoms with van der Waals surface area (Å²) >= 11 is 1.45. The Kier molecular flexibility index (Phi) is 34.4. The number of phosphoric acid groups is 2. The molecular formula is C43H82O17P2S. The number of aliphatic hydroxyl groups excluding tert-OH is 4. The zero-order valence-corrected chi connectivity index (χ0v) is 40.6. The van der Waals surface area contributed by atoms with Gasteiger partial charge in [0.05, 0.1) is 19.6 Å². The predicted molar refractivity (Wildman–Crippen MR) is 241 cm³/mol. The molecule has 0 aliphatic heterocycles. The molecule has 0 amide bonds.